The highest BCUT2D eigenvalue weighted by atomic mass is 32.2. The van der Waals surface area contributed by atoms with Crippen LogP contribution in [-0.4, -0.2) is 69.7 Å². The van der Waals surface area contributed by atoms with Gasteiger partial charge in [0.1, 0.15) is 0 Å². The summed E-state index contributed by atoms with van der Waals surface area (Å²) in [6.07, 6.45) is 3.24. The second-order valence-corrected chi connectivity index (χ2v) is 7.97. The highest BCUT2D eigenvalue weighted by Crippen LogP contribution is 2.19. The maximum absolute atomic E-state index is 12.2. The molecule has 1 aliphatic carbocycles. The van der Waals surface area contributed by atoms with Crippen LogP contribution in [0.15, 0.2) is 0 Å². The smallest absolute Gasteiger partial charge is 0.217 e. The first-order valence-electron chi connectivity index (χ1n) is 6.67. The third-order valence-electron chi connectivity index (χ3n) is 3.29. The molecule has 18 heavy (non-hydrogen) atoms. The SMILES string of the molecule is CC(CNC1CC1)S(=O)(=O)N(C)CCCN(C)C. The Balaban J connectivity index is 2.34. The lowest BCUT2D eigenvalue weighted by Crippen LogP contribution is -2.41. The Bertz CT molecular complexity index is 339. The van der Waals surface area contributed by atoms with Crippen LogP contribution in [0.25, 0.3) is 0 Å². The molecule has 0 saturated heterocycles. The maximum atomic E-state index is 12.2. The Labute approximate surface area is 112 Å². The fourth-order valence-electron chi connectivity index (χ4n) is 1.77. The van der Waals surface area contributed by atoms with Gasteiger partial charge >= 0.3 is 0 Å². The van der Waals surface area contributed by atoms with Gasteiger partial charge in [0.2, 0.25) is 10.0 Å². The Hall–Kier alpha value is -0.170. The van der Waals surface area contributed by atoms with Crippen molar-refractivity contribution in [2.45, 2.75) is 37.5 Å². The van der Waals surface area contributed by atoms with E-state index in [4.69, 9.17) is 0 Å². The average Bonchev–Trinajstić information content (AvgIpc) is 3.08. The van der Waals surface area contributed by atoms with Gasteiger partial charge in [-0.1, -0.05) is 0 Å². The summed E-state index contributed by atoms with van der Waals surface area (Å²) in [5.41, 5.74) is 0. The zero-order valence-corrected chi connectivity index (χ0v) is 12.8. The molecule has 5 nitrogen and oxygen atoms in total. The van der Waals surface area contributed by atoms with Crippen LogP contribution in [0.5, 0.6) is 0 Å². The van der Waals surface area contributed by atoms with Gasteiger partial charge in [0, 0.05) is 26.2 Å². The molecular formula is C12H27N3O2S. The van der Waals surface area contributed by atoms with Gasteiger partial charge in [0.25, 0.3) is 0 Å². The average molecular weight is 277 g/mol. The summed E-state index contributed by atoms with van der Waals surface area (Å²) in [5, 5.41) is 2.93. The van der Waals surface area contributed by atoms with Gasteiger partial charge in [-0.15, -0.1) is 0 Å². The third kappa shape index (κ3) is 5.22. The molecule has 1 fully saturated rings. The minimum atomic E-state index is -3.15. The van der Waals surface area contributed by atoms with Crippen LogP contribution in [0.4, 0.5) is 0 Å². The van der Waals surface area contributed by atoms with Crippen molar-refractivity contribution in [1.29, 1.82) is 0 Å². The summed E-state index contributed by atoms with van der Waals surface area (Å²) < 4.78 is 25.9. The summed E-state index contributed by atoms with van der Waals surface area (Å²) in [6, 6.07) is 0.557. The lowest BCUT2D eigenvalue weighted by Gasteiger charge is -2.22. The molecule has 1 rings (SSSR count). The van der Waals surface area contributed by atoms with E-state index in [0.29, 0.717) is 19.1 Å². The van der Waals surface area contributed by atoms with Gasteiger partial charge in [-0.3, -0.25) is 0 Å². The zero-order valence-electron chi connectivity index (χ0n) is 12.0. The number of nitrogens with one attached hydrogen (secondary N) is 1. The van der Waals surface area contributed by atoms with Gasteiger partial charge in [-0.25, -0.2) is 12.7 Å². The van der Waals surface area contributed by atoms with E-state index in [9.17, 15) is 8.42 Å². The molecule has 0 amide bonds. The van der Waals surface area contributed by atoms with Gasteiger partial charge in [0.15, 0.2) is 0 Å². The van der Waals surface area contributed by atoms with Crippen molar-refractivity contribution >= 4 is 10.0 Å². The van der Waals surface area contributed by atoms with E-state index in [2.05, 4.69) is 10.2 Å². The Morgan fingerprint density at radius 3 is 2.33 bits per heavy atom. The van der Waals surface area contributed by atoms with E-state index >= 15 is 0 Å². The molecule has 1 saturated carbocycles. The highest BCUT2D eigenvalue weighted by Gasteiger charge is 2.28. The molecule has 1 unspecified atom stereocenters. The molecule has 1 N–H and O–H groups in total. The first-order valence-corrected chi connectivity index (χ1v) is 8.17. The first-order chi connectivity index (χ1) is 8.34. The molecule has 0 spiro atoms. The monoisotopic (exact) mass is 277 g/mol. The van der Waals surface area contributed by atoms with Crippen LogP contribution >= 0.6 is 0 Å². The van der Waals surface area contributed by atoms with Crippen molar-refractivity contribution in [1.82, 2.24) is 14.5 Å². The van der Waals surface area contributed by atoms with Crippen LogP contribution in [0.1, 0.15) is 26.2 Å². The molecule has 0 heterocycles. The van der Waals surface area contributed by atoms with Crippen molar-refractivity contribution in [3.8, 4) is 0 Å². The van der Waals surface area contributed by atoms with E-state index in [-0.39, 0.29) is 5.25 Å². The van der Waals surface area contributed by atoms with Gasteiger partial charge < -0.3 is 10.2 Å². The molecule has 0 radical (unpaired) electrons. The van der Waals surface area contributed by atoms with Crippen molar-refractivity contribution in [2.75, 3.05) is 40.8 Å². The zero-order chi connectivity index (χ0) is 13.8. The van der Waals surface area contributed by atoms with E-state index in [1.807, 2.05) is 14.1 Å². The van der Waals surface area contributed by atoms with Crippen molar-refractivity contribution in [2.24, 2.45) is 0 Å². The van der Waals surface area contributed by atoms with Gasteiger partial charge in [-0.05, 0) is 46.8 Å². The number of sulfonamides is 1. The fourth-order valence-corrected chi connectivity index (χ4v) is 3.07. The second-order valence-electron chi connectivity index (χ2n) is 5.52. The molecule has 0 aromatic carbocycles. The molecule has 1 aliphatic rings. The number of rotatable bonds is 9. The molecule has 0 aromatic heterocycles. The molecule has 1 atom stereocenters. The Kier molecular flexibility index (Phi) is 6.04. The van der Waals surface area contributed by atoms with Crippen LogP contribution in [0.2, 0.25) is 0 Å². The van der Waals surface area contributed by atoms with Crippen molar-refractivity contribution in [3.05, 3.63) is 0 Å². The predicted octanol–water partition coefficient (Wildman–Crippen LogP) is 0.340. The minimum absolute atomic E-state index is 0.345. The molecule has 0 bridgehead atoms. The van der Waals surface area contributed by atoms with Crippen molar-refractivity contribution < 1.29 is 8.42 Å². The Morgan fingerprint density at radius 2 is 1.83 bits per heavy atom. The first kappa shape index (κ1) is 15.9. The van der Waals surface area contributed by atoms with Crippen LogP contribution in [-0.2, 0) is 10.0 Å². The Morgan fingerprint density at radius 1 is 1.22 bits per heavy atom. The summed E-state index contributed by atoms with van der Waals surface area (Å²) in [7, 11) is 2.52. The largest absolute Gasteiger partial charge is 0.313 e. The van der Waals surface area contributed by atoms with Crippen LogP contribution in [0.3, 0.4) is 0 Å². The second kappa shape index (κ2) is 6.84. The molecular weight excluding hydrogens is 250 g/mol. The lowest BCUT2D eigenvalue weighted by atomic mass is 10.4. The topological polar surface area (TPSA) is 52.7 Å². The standard InChI is InChI=1S/C12H27N3O2S/c1-11(10-13-12-6-7-12)18(16,17)15(4)9-5-8-14(2)3/h11-13H,5-10H2,1-4H3. The highest BCUT2D eigenvalue weighted by molar-refractivity contribution is 7.89. The molecule has 6 heteroatoms. The fraction of sp³-hybridized carbons (Fsp3) is 1.00. The quantitative estimate of drug-likeness (QED) is 0.660. The normalized spacial score (nSPS) is 18.6. The van der Waals surface area contributed by atoms with E-state index in [1.165, 1.54) is 17.1 Å². The molecule has 0 aromatic rings. The van der Waals surface area contributed by atoms with Crippen molar-refractivity contribution in [3.63, 3.8) is 0 Å². The summed E-state index contributed by atoms with van der Waals surface area (Å²) in [6.45, 7) is 3.85. The van der Waals surface area contributed by atoms with E-state index in [0.717, 1.165) is 13.0 Å². The molecule has 0 aliphatic heterocycles. The molecule has 108 valence electrons. The van der Waals surface area contributed by atoms with Crippen LogP contribution < -0.4 is 5.32 Å². The van der Waals surface area contributed by atoms with Crippen LogP contribution in [0, 0.1) is 0 Å². The number of hydrogen-bond acceptors (Lipinski definition) is 4. The number of hydrogen-bond donors (Lipinski definition) is 1. The summed E-state index contributed by atoms with van der Waals surface area (Å²) in [4.78, 5) is 2.07. The number of nitrogens with zero attached hydrogens (tertiary/aromatic N) is 2. The summed E-state index contributed by atoms with van der Waals surface area (Å²) >= 11 is 0. The third-order valence-corrected chi connectivity index (χ3v) is 5.53. The summed E-state index contributed by atoms with van der Waals surface area (Å²) in [5.74, 6) is 0. The maximum Gasteiger partial charge on any atom is 0.217 e. The predicted molar refractivity (Wildman–Crippen MR) is 75.2 cm³/mol. The minimum Gasteiger partial charge on any atom is -0.313 e. The van der Waals surface area contributed by atoms with Gasteiger partial charge in [-0.2, -0.15) is 0 Å². The van der Waals surface area contributed by atoms with E-state index in [1.54, 1.807) is 14.0 Å². The lowest BCUT2D eigenvalue weighted by molar-refractivity contribution is 0.368. The van der Waals surface area contributed by atoms with E-state index < -0.39 is 10.0 Å². The van der Waals surface area contributed by atoms with Gasteiger partial charge in [0.05, 0.1) is 5.25 Å².